The van der Waals surface area contributed by atoms with Gasteiger partial charge in [0.05, 0.1) is 6.54 Å². The summed E-state index contributed by atoms with van der Waals surface area (Å²) >= 11 is 0. The summed E-state index contributed by atoms with van der Waals surface area (Å²) in [5.41, 5.74) is -0.345. The van der Waals surface area contributed by atoms with Crippen LogP contribution in [0.2, 0.25) is 0 Å². The lowest BCUT2D eigenvalue weighted by molar-refractivity contribution is -0.152. The molecule has 0 saturated carbocycles. The number of carboxylic acid groups (broad SMARTS) is 2. The van der Waals surface area contributed by atoms with E-state index in [9.17, 15) is 9.59 Å². The van der Waals surface area contributed by atoms with E-state index in [2.05, 4.69) is 0 Å². The molecule has 1 rings (SSSR count). The van der Waals surface area contributed by atoms with Crippen molar-refractivity contribution in [3.8, 4) is 0 Å². The van der Waals surface area contributed by atoms with E-state index in [4.69, 9.17) is 10.2 Å². The zero-order valence-corrected chi connectivity index (χ0v) is 10.5. The molecule has 2 N–H and O–H groups in total. The molecule has 0 aliphatic rings. The fourth-order valence-electron chi connectivity index (χ4n) is 1.55. The molecule has 5 nitrogen and oxygen atoms in total. The number of nitrogens with zero attached hydrogens (tertiary/aromatic N) is 1. The third kappa shape index (κ3) is 3.56. The fourth-order valence-corrected chi connectivity index (χ4v) is 1.55. The van der Waals surface area contributed by atoms with Crippen LogP contribution in [0.25, 0.3) is 0 Å². The molecule has 0 saturated heterocycles. The van der Waals surface area contributed by atoms with Gasteiger partial charge in [-0.3, -0.25) is 14.5 Å². The molecule has 0 aromatic heterocycles. The largest absolute Gasteiger partial charge is 0.480 e. The molecule has 0 aliphatic heterocycles. The summed E-state index contributed by atoms with van der Waals surface area (Å²) in [5, 5.41) is 18.0. The van der Waals surface area contributed by atoms with E-state index >= 15 is 0 Å². The summed E-state index contributed by atoms with van der Waals surface area (Å²) in [6.45, 7) is 2.98. The second-order valence-corrected chi connectivity index (χ2v) is 4.60. The van der Waals surface area contributed by atoms with Gasteiger partial charge in [-0.1, -0.05) is 30.3 Å². The highest BCUT2D eigenvalue weighted by molar-refractivity contribution is 5.79. The van der Waals surface area contributed by atoms with Crippen LogP contribution in [-0.2, 0) is 16.1 Å². The van der Waals surface area contributed by atoms with Gasteiger partial charge >= 0.3 is 11.9 Å². The van der Waals surface area contributed by atoms with Crippen molar-refractivity contribution in [2.45, 2.75) is 25.9 Å². The monoisotopic (exact) mass is 251 g/mol. The molecule has 5 heteroatoms. The van der Waals surface area contributed by atoms with Gasteiger partial charge in [-0.2, -0.15) is 0 Å². The van der Waals surface area contributed by atoms with E-state index in [0.717, 1.165) is 5.56 Å². The third-order valence-electron chi connectivity index (χ3n) is 2.86. The average molecular weight is 251 g/mol. The summed E-state index contributed by atoms with van der Waals surface area (Å²) in [6.07, 6.45) is 0. The van der Waals surface area contributed by atoms with Crippen LogP contribution in [0.15, 0.2) is 30.3 Å². The summed E-state index contributed by atoms with van der Waals surface area (Å²) in [6, 6.07) is 9.21. The van der Waals surface area contributed by atoms with Crippen molar-refractivity contribution in [1.29, 1.82) is 0 Å². The number of carbonyl (C=O) groups is 2. The summed E-state index contributed by atoms with van der Waals surface area (Å²) < 4.78 is 0. The second-order valence-electron chi connectivity index (χ2n) is 4.60. The lowest BCUT2D eigenvalue weighted by Crippen LogP contribution is -2.51. The molecule has 0 spiro atoms. The predicted molar refractivity (Wildman–Crippen MR) is 66.2 cm³/mol. The van der Waals surface area contributed by atoms with Crippen LogP contribution in [0.5, 0.6) is 0 Å². The van der Waals surface area contributed by atoms with E-state index < -0.39 is 17.5 Å². The molecule has 18 heavy (non-hydrogen) atoms. The number of aliphatic carboxylic acids is 2. The molecule has 98 valence electrons. The smallest absolute Gasteiger partial charge is 0.323 e. The SMILES string of the molecule is CC(C)(C(=O)O)N(CC(=O)O)Cc1ccccc1. The highest BCUT2D eigenvalue weighted by Gasteiger charge is 2.35. The molecule has 0 radical (unpaired) electrons. The Kier molecular flexibility index (Phi) is 4.44. The summed E-state index contributed by atoms with van der Waals surface area (Å²) in [4.78, 5) is 23.5. The van der Waals surface area contributed by atoms with Crippen LogP contribution in [0.3, 0.4) is 0 Å². The molecule has 0 heterocycles. The van der Waals surface area contributed by atoms with Gasteiger partial charge in [-0.15, -0.1) is 0 Å². The van der Waals surface area contributed by atoms with Crippen LogP contribution >= 0.6 is 0 Å². The number of hydrogen-bond acceptors (Lipinski definition) is 3. The van der Waals surface area contributed by atoms with Crippen molar-refractivity contribution in [2.75, 3.05) is 6.54 Å². The maximum absolute atomic E-state index is 11.2. The first-order valence-electron chi connectivity index (χ1n) is 5.58. The van der Waals surface area contributed by atoms with E-state index in [0.29, 0.717) is 0 Å². The van der Waals surface area contributed by atoms with E-state index in [1.165, 1.54) is 18.7 Å². The Hall–Kier alpha value is -1.88. The van der Waals surface area contributed by atoms with Crippen LogP contribution in [-0.4, -0.2) is 39.1 Å². The Morgan fingerprint density at radius 2 is 1.72 bits per heavy atom. The van der Waals surface area contributed by atoms with Crippen LogP contribution in [0, 0.1) is 0 Å². The number of hydrogen-bond donors (Lipinski definition) is 2. The van der Waals surface area contributed by atoms with Gasteiger partial charge in [0, 0.05) is 6.54 Å². The topological polar surface area (TPSA) is 77.8 Å². The van der Waals surface area contributed by atoms with Gasteiger partial charge in [0.2, 0.25) is 0 Å². The quantitative estimate of drug-likeness (QED) is 0.799. The van der Waals surface area contributed by atoms with Crippen molar-refractivity contribution >= 4 is 11.9 Å². The first-order chi connectivity index (χ1) is 8.34. The minimum absolute atomic E-state index is 0.284. The second kappa shape index (κ2) is 5.64. The summed E-state index contributed by atoms with van der Waals surface area (Å²) in [7, 11) is 0. The van der Waals surface area contributed by atoms with Gasteiger partial charge in [0.1, 0.15) is 5.54 Å². The first kappa shape index (κ1) is 14.2. The lowest BCUT2D eigenvalue weighted by atomic mass is 10.0. The number of rotatable bonds is 6. The molecule has 0 unspecified atom stereocenters. The standard InChI is InChI=1S/C13H17NO4/c1-13(2,12(17)18)14(9-11(15)16)8-10-6-4-3-5-7-10/h3-7H,8-9H2,1-2H3,(H,15,16)(H,17,18). The van der Waals surface area contributed by atoms with Gasteiger partial charge in [0.25, 0.3) is 0 Å². The highest BCUT2D eigenvalue weighted by Crippen LogP contribution is 2.18. The van der Waals surface area contributed by atoms with Crippen molar-refractivity contribution in [3.05, 3.63) is 35.9 Å². The van der Waals surface area contributed by atoms with Crippen molar-refractivity contribution in [1.82, 2.24) is 4.90 Å². The number of carboxylic acids is 2. The van der Waals surface area contributed by atoms with Gasteiger partial charge in [-0.25, -0.2) is 0 Å². The molecule has 0 amide bonds. The molecule has 0 atom stereocenters. The average Bonchev–Trinajstić information content (AvgIpc) is 2.28. The van der Waals surface area contributed by atoms with E-state index in [1.807, 2.05) is 30.3 Å². The van der Waals surface area contributed by atoms with Gasteiger partial charge < -0.3 is 10.2 Å². The van der Waals surface area contributed by atoms with Crippen LogP contribution < -0.4 is 0 Å². The molecular formula is C13H17NO4. The molecule has 0 aliphatic carbocycles. The number of benzene rings is 1. The minimum Gasteiger partial charge on any atom is -0.480 e. The van der Waals surface area contributed by atoms with Crippen LogP contribution in [0.1, 0.15) is 19.4 Å². The third-order valence-corrected chi connectivity index (χ3v) is 2.86. The first-order valence-corrected chi connectivity index (χ1v) is 5.58. The highest BCUT2D eigenvalue weighted by atomic mass is 16.4. The molecule has 0 bridgehead atoms. The zero-order valence-electron chi connectivity index (χ0n) is 10.5. The normalized spacial score (nSPS) is 11.5. The molecule has 1 aromatic rings. The van der Waals surface area contributed by atoms with Crippen LogP contribution in [0.4, 0.5) is 0 Å². The lowest BCUT2D eigenvalue weighted by Gasteiger charge is -2.33. The Morgan fingerprint density at radius 3 is 2.17 bits per heavy atom. The van der Waals surface area contributed by atoms with Gasteiger partial charge in [0.15, 0.2) is 0 Å². The maximum Gasteiger partial charge on any atom is 0.323 e. The molecule has 0 fully saturated rings. The Bertz CT molecular complexity index is 428. The minimum atomic E-state index is -1.23. The Balaban J connectivity index is 2.92. The Labute approximate surface area is 106 Å². The maximum atomic E-state index is 11.2. The van der Waals surface area contributed by atoms with Crippen molar-refractivity contribution < 1.29 is 19.8 Å². The Morgan fingerprint density at radius 1 is 1.17 bits per heavy atom. The molecular weight excluding hydrogens is 234 g/mol. The van der Waals surface area contributed by atoms with Crippen molar-refractivity contribution in [2.24, 2.45) is 0 Å². The predicted octanol–water partition coefficient (Wildman–Crippen LogP) is 1.44. The van der Waals surface area contributed by atoms with E-state index in [-0.39, 0.29) is 13.1 Å². The summed E-state index contributed by atoms with van der Waals surface area (Å²) in [5.74, 6) is -2.08. The van der Waals surface area contributed by atoms with Crippen molar-refractivity contribution in [3.63, 3.8) is 0 Å². The van der Waals surface area contributed by atoms with Gasteiger partial charge in [-0.05, 0) is 19.4 Å². The fraction of sp³-hybridized carbons (Fsp3) is 0.385. The molecule has 1 aromatic carbocycles. The van der Waals surface area contributed by atoms with E-state index in [1.54, 1.807) is 0 Å². The zero-order chi connectivity index (χ0) is 13.8.